The lowest BCUT2D eigenvalue weighted by Crippen LogP contribution is -2.21. The van der Waals surface area contributed by atoms with Crippen LogP contribution < -0.4 is 5.32 Å². The van der Waals surface area contributed by atoms with Gasteiger partial charge in [-0.3, -0.25) is 25.0 Å². The molecule has 0 saturated carbocycles. The third kappa shape index (κ3) is 4.25. The van der Waals surface area contributed by atoms with Gasteiger partial charge in [0.25, 0.3) is 5.69 Å². The number of rotatable bonds is 6. The minimum atomic E-state index is -1.01. The summed E-state index contributed by atoms with van der Waals surface area (Å²) in [4.78, 5) is 42.4. The van der Waals surface area contributed by atoms with Gasteiger partial charge in [0.2, 0.25) is 5.91 Å². The zero-order valence-electron chi connectivity index (χ0n) is 13.2. The first kappa shape index (κ1) is 20.4. The Morgan fingerprint density at radius 3 is 2.07 bits per heavy atom. The summed E-state index contributed by atoms with van der Waals surface area (Å²) in [6.45, 7) is 0.680. The molecule has 142 valence electrons. The van der Waals surface area contributed by atoms with Crippen molar-refractivity contribution >= 4 is 60.6 Å². The summed E-state index contributed by atoms with van der Waals surface area (Å²) < 4.78 is 1.26. The molecule has 0 bridgehead atoms. The van der Waals surface area contributed by atoms with Gasteiger partial charge in [-0.15, -0.1) is 0 Å². The van der Waals surface area contributed by atoms with E-state index in [4.69, 9.17) is 0 Å². The molecule has 13 nitrogen and oxygen atoms in total. The van der Waals surface area contributed by atoms with E-state index in [-0.39, 0.29) is 26.0 Å². The van der Waals surface area contributed by atoms with E-state index in [0.29, 0.717) is 0 Å². The van der Waals surface area contributed by atoms with Gasteiger partial charge in [0.15, 0.2) is 0 Å². The number of nitro groups is 3. The Balaban J connectivity index is 2.30. The molecule has 0 aliphatic rings. The van der Waals surface area contributed by atoms with E-state index in [9.17, 15) is 35.1 Å². The monoisotopic (exact) mass is 506 g/mol. The van der Waals surface area contributed by atoms with Gasteiger partial charge >= 0.3 is 11.5 Å². The van der Waals surface area contributed by atoms with E-state index in [1.165, 1.54) is 19.1 Å². The smallest absolute Gasteiger partial charge is 0.358 e. The van der Waals surface area contributed by atoms with Crippen LogP contribution in [0.3, 0.4) is 0 Å². The molecule has 0 spiro atoms. The molecule has 2 aromatic rings. The number of halogens is 2. The molecule has 0 atom stereocenters. The number of benzene rings is 1. The maximum Gasteiger partial charge on any atom is 0.468 e. The summed E-state index contributed by atoms with van der Waals surface area (Å²) >= 11 is 6.20. The van der Waals surface area contributed by atoms with Crippen molar-refractivity contribution in [3.05, 3.63) is 57.1 Å². The third-order valence-corrected chi connectivity index (χ3v) is 4.56. The molecular weight excluding hydrogens is 500 g/mol. The highest BCUT2D eigenvalue weighted by molar-refractivity contribution is 9.11. The number of hydrogen-bond donors (Lipinski definition) is 1. The average molecular weight is 508 g/mol. The van der Waals surface area contributed by atoms with E-state index in [1.807, 2.05) is 0 Å². The first-order valence-electron chi connectivity index (χ1n) is 6.82. The standard InChI is InChI=1S/C12H8Br2N6O7/c1-5-11(19(24)25)12(20(26)27)16-17(5)4-9(21)15-10-7(13)2-6(18(22)23)3-8(10)14/h2-3H,4H2,1H3,(H,15,21). The number of carbonyl (C=O) groups excluding carboxylic acids is 1. The lowest BCUT2D eigenvalue weighted by molar-refractivity contribution is -0.424. The topological polar surface area (TPSA) is 176 Å². The second-order valence-electron chi connectivity index (χ2n) is 5.02. The van der Waals surface area contributed by atoms with Crippen LogP contribution in [-0.4, -0.2) is 30.5 Å². The Bertz CT molecular complexity index is 966. The first-order chi connectivity index (χ1) is 12.5. The zero-order valence-corrected chi connectivity index (χ0v) is 16.4. The summed E-state index contributed by atoms with van der Waals surface area (Å²) in [6.07, 6.45) is 0. The molecule has 0 unspecified atom stereocenters. The molecular formula is C12H8Br2N6O7. The van der Waals surface area contributed by atoms with Gasteiger partial charge in [0, 0.05) is 21.1 Å². The molecule has 0 fully saturated rings. The number of nitro benzene ring substituents is 1. The van der Waals surface area contributed by atoms with Crippen LogP contribution in [0.15, 0.2) is 21.1 Å². The minimum absolute atomic E-state index is 0.163. The van der Waals surface area contributed by atoms with Crippen molar-refractivity contribution in [2.24, 2.45) is 0 Å². The van der Waals surface area contributed by atoms with Crippen molar-refractivity contribution in [2.45, 2.75) is 13.5 Å². The lowest BCUT2D eigenvalue weighted by Gasteiger charge is -2.09. The van der Waals surface area contributed by atoms with Gasteiger partial charge in [-0.25, -0.2) is 0 Å². The van der Waals surface area contributed by atoms with Crippen LogP contribution >= 0.6 is 31.9 Å². The molecule has 2 rings (SSSR count). The third-order valence-electron chi connectivity index (χ3n) is 3.31. The van der Waals surface area contributed by atoms with Crippen molar-refractivity contribution in [2.75, 3.05) is 5.32 Å². The molecule has 0 aliphatic heterocycles. The van der Waals surface area contributed by atoms with Crippen molar-refractivity contribution in [3.8, 4) is 0 Å². The van der Waals surface area contributed by atoms with Gasteiger partial charge in [-0.05, 0) is 43.7 Å². The van der Waals surface area contributed by atoms with Gasteiger partial charge < -0.3 is 15.4 Å². The molecule has 27 heavy (non-hydrogen) atoms. The predicted octanol–water partition coefficient (Wildman–Crippen LogP) is 3.08. The molecule has 1 amide bonds. The number of non-ortho nitro benzene ring substituents is 1. The molecule has 0 aliphatic carbocycles. The molecule has 0 saturated heterocycles. The minimum Gasteiger partial charge on any atom is -0.358 e. The molecule has 1 heterocycles. The number of carbonyl (C=O) groups is 1. The Labute approximate surface area is 166 Å². The quantitative estimate of drug-likeness (QED) is 0.457. The highest BCUT2D eigenvalue weighted by Gasteiger charge is 2.35. The second-order valence-corrected chi connectivity index (χ2v) is 6.73. The summed E-state index contributed by atoms with van der Waals surface area (Å²) in [5.41, 5.74) is -1.01. The Kier molecular flexibility index (Phi) is 5.85. The van der Waals surface area contributed by atoms with Crippen LogP contribution in [0.1, 0.15) is 5.69 Å². The number of nitrogens with one attached hydrogen (secondary N) is 1. The molecule has 1 aromatic carbocycles. The van der Waals surface area contributed by atoms with Crippen molar-refractivity contribution < 1.29 is 19.6 Å². The van der Waals surface area contributed by atoms with Gasteiger partial charge in [-0.2, -0.15) is 4.68 Å². The molecule has 1 N–H and O–H groups in total. The fourth-order valence-electron chi connectivity index (χ4n) is 2.11. The number of nitrogens with zero attached hydrogens (tertiary/aromatic N) is 5. The Morgan fingerprint density at radius 2 is 1.67 bits per heavy atom. The van der Waals surface area contributed by atoms with Crippen LogP contribution in [0.2, 0.25) is 0 Å². The zero-order chi connectivity index (χ0) is 20.5. The Hall–Kier alpha value is -2.94. The van der Waals surface area contributed by atoms with Crippen molar-refractivity contribution in [3.63, 3.8) is 0 Å². The number of amides is 1. The highest BCUT2D eigenvalue weighted by atomic mass is 79.9. The molecule has 1 aromatic heterocycles. The summed E-state index contributed by atoms with van der Waals surface area (Å²) in [7, 11) is 0. The summed E-state index contributed by atoms with van der Waals surface area (Å²) in [6, 6.07) is 2.35. The van der Waals surface area contributed by atoms with Crippen molar-refractivity contribution in [1.29, 1.82) is 0 Å². The van der Waals surface area contributed by atoms with E-state index in [2.05, 4.69) is 42.3 Å². The van der Waals surface area contributed by atoms with Crippen LogP contribution in [0.5, 0.6) is 0 Å². The first-order valence-corrected chi connectivity index (χ1v) is 8.41. The number of anilines is 1. The average Bonchev–Trinajstić information content (AvgIpc) is 2.87. The Morgan fingerprint density at radius 1 is 1.11 bits per heavy atom. The van der Waals surface area contributed by atoms with Gasteiger partial charge in [0.05, 0.1) is 20.6 Å². The normalized spacial score (nSPS) is 10.5. The fraction of sp³-hybridized carbons (Fsp3) is 0.167. The van der Waals surface area contributed by atoms with E-state index in [0.717, 1.165) is 4.68 Å². The summed E-state index contributed by atoms with van der Waals surface area (Å²) in [5, 5.41) is 38.7. The second kappa shape index (κ2) is 7.75. The van der Waals surface area contributed by atoms with Gasteiger partial charge in [-0.1, -0.05) is 0 Å². The number of aromatic nitrogens is 2. The lowest BCUT2D eigenvalue weighted by atomic mass is 10.3. The van der Waals surface area contributed by atoms with E-state index in [1.54, 1.807) is 0 Å². The van der Waals surface area contributed by atoms with Crippen molar-refractivity contribution in [1.82, 2.24) is 9.78 Å². The van der Waals surface area contributed by atoms with E-state index >= 15 is 0 Å². The summed E-state index contributed by atoms with van der Waals surface area (Å²) in [5.74, 6) is -1.68. The van der Waals surface area contributed by atoms with Crippen LogP contribution in [-0.2, 0) is 11.3 Å². The maximum atomic E-state index is 12.2. The number of hydrogen-bond acceptors (Lipinski definition) is 8. The SMILES string of the molecule is Cc1c([N+](=O)[O-])c([N+](=O)[O-])nn1CC(=O)Nc1c(Br)cc([N+](=O)[O-])cc1Br. The van der Waals surface area contributed by atoms with Gasteiger partial charge in [0.1, 0.15) is 12.2 Å². The van der Waals surface area contributed by atoms with Crippen LogP contribution in [0, 0.1) is 37.3 Å². The largest absolute Gasteiger partial charge is 0.468 e. The van der Waals surface area contributed by atoms with Crippen LogP contribution in [0.4, 0.5) is 22.9 Å². The van der Waals surface area contributed by atoms with E-state index < -0.39 is 38.7 Å². The predicted molar refractivity (Wildman–Crippen MR) is 97.4 cm³/mol. The highest BCUT2D eigenvalue weighted by Crippen LogP contribution is 2.35. The maximum absolute atomic E-state index is 12.2. The fourth-order valence-corrected chi connectivity index (χ4v) is 3.47. The van der Waals surface area contributed by atoms with Crippen LogP contribution in [0.25, 0.3) is 0 Å². The molecule has 0 radical (unpaired) electrons. The molecule has 15 heteroatoms.